The minimum Gasteiger partial charge on any atom is -0.391 e. The highest BCUT2D eigenvalue weighted by Gasteiger charge is 2.23. The molecule has 1 saturated heterocycles. The van der Waals surface area contributed by atoms with Crippen LogP contribution in [-0.2, 0) is 11.3 Å². The van der Waals surface area contributed by atoms with Crippen LogP contribution in [0.3, 0.4) is 0 Å². The number of nitrogens with zero attached hydrogens (tertiary/aromatic N) is 1. The Balaban J connectivity index is 2.07. The van der Waals surface area contributed by atoms with Crippen molar-refractivity contribution in [1.29, 1.82) is 0 Å². The van der Waals surface area contributed by atoms with Crippen molar-refractivity contribution in [3.63, 3.8) is 0 Å². The average Bonchev–Trinajstić information content (AvgIpc) is 2.34. The molecule has 0 spiro atoms. The number of hydrogen-bond acceptors (Lipinski definition) is 3. The van der Waals surface area contributed by atoms with Crippen molar-refractivity contribution < 1.29 is 4.74 Å². The normalized spacial score (nSPS) is 20.9. The van der Waals surface area contributed by atoms with Crippen LogP contribution in [0.1, 0.15) is 5.56 Å². The lowest BCUT2D eigenvalue weighted by atomic mass is 10.2. The maximum atomic E-state index is 6.15. The number of morpholine rings is 1. The van der Waals surface area contributed by atoms with Gasteiger partial charge in [-0.25, -0.2) is 0 Å². The fourth-order valence-corrected chi connectivity index (χ4v) is 2.58. The van der Waals surface area contributed by atoms with Gasteiger partial charge < -0.3 is 10.5 Å². The van der Waals surface area contributed by atoms with Crippen LogP contribution in [0.5, 0.6) is 0 Å². The van der Waals surface area contributed by atoms with Crippen LogP contribution in [0.15, 0.2) is 18.2 Å². The van der Waals surface area contributed by atoms with Gasteiger partial charge in [-0.1, -0.05) is 41.5 Å². The van der Waals surface area contributed by atoms with E-state index in [0.29, 0.717) is 34.7 Å². The number of thiocarbonyl (C=S) groups is 1. The predicted octanol–water partition coefficient (Wildman–Crippen LogP) is 2.48. The minimum absolute atomic E-state index is 0.185. The van der Waals surface area contributed by atoms with Crippen LogP contribution in [0.4, 0.5) is 0 Å². The molecule has 0 saturated carbocycles. The highest BCUT2D eigenvalue weighted by atomic mass is 35.5. The van der Waals surface area contributed by atoms with E-state index in [0.717, 1.165) is 12.1 Å². The zero-order chi connectivity index (χ0) is 13.1. The quantitative estimate of drug-likeness (QED) is 0.871. The molecule has 1 aromatic rings. The predicted molar refractivity (Wildman–Crippen MR) is 78.3 cm³/mol. The molecule has 0 aromatic heterocycles. The van der Waals surface area contributed by atoms with Crippen LogP contribution >= 0.6 is 35.4 Å². The lowest BCUT2D eigenvalue weighted by Gasteiger charge is -2.32. The van der Waals surface area contributed by atoms with Crippen molar-refractivity contribution in [3.8, 4) is 0 Å². The van der Waals surface area contributed by atoms with E-state index in [1.165, 1.54) is 0 Å². The van der Waals surface area contributed by atoms with Crippen LogP contribution in [-0.4, -0.2) is 35.7 Å². The van der Waals surface area contributed by atoms with Crippen molar-refractivity contribution in [3.05, 3.63) is 33.8 Å². The van der Waals surface area contributed by atoms with Gasteiger partial charge in [0.2, 0.25) is 0 Å². The van der Waals surface area contributed by atoms with Crippen LogP contribution < -0.4 is 5.73 Å². The molecule has 1 heterocycles. The maximum Gasteiger partial charge on any atom is 0.120 e. The van der Waals surface area contributed by atoms with Gasteiger partial charge in [-0.05, 0) is 12.1 Å². The third-order valence-electron chi connectivity index (χ3n) is 2.91. The number of hydrogen-bond donors (Lipinski definition) is 1. The Bertz CT molecular complexity index is 435. The lowest BCUT2D eigenvalue weighted by Crippen LogP contribution is -2.47. The Kier molecular flexibility index (Phi) is 4.81. The van der Waals surface area contributed by atoms with E-state index in [9.17, 15) is 0 Å². The second kappa shape index (κ2) is 6.17. The fourth-order valence-electron chi connectivity index (χ4n) is 1.93. The molecule has 1 aliphatic heterocycles. The molecule has 0 amide bonds. The molecule has 1 aromatic carbocycles. The first kappa shape index (κ1) is 14.0. The smallest absolute Gasteiger partial charge is 0.120 e. The van der Waals surface area contributed by atoms with Gasteiger partial charge in [-0.3, -0.25) is 4.90 Å². The molecular formula is C12H14Cl2N2OS. The number of nitrogens with two attached hydrogens (primary N) is 1. The zero-order valence-electron chi connectivity index (χ0n) is 9.73. The van der Waals surface area contributed by atoms with E-state index < -0.39 is 0 Å². The molecule has 1 aliphatic rings. The summed E-state index contributed by atoms with van der Waals surface area (Å²) < 4.78 is 5.49. The van der Waals surface area contributed by atoms with E-state index in [1.807, 2.05) is 18.2 Å². The summed E-state index contributed by atoms with van der Waals surface area (Å²) in [7, 11) is 0. The van der Waals surface area contributed by atoms with Gasteiger partial charge in [0.1, 0.15) is 11.1 Å². The Hall–Kier alpha value is -0.390. The third kappa shape index (κ3) is 3.33. The molecule has 18 heavy (non-hydrogen) atoms. The summed E-state index contributed by atoms with van der Waals surface area (Å²) in [5, 5.41) is 1.36. The molecule has 1 unspecified atom stereocenters. The number of ether oxygens (including phenoxy) is 1. The summed E-state index contributed by atoms with van der Waals surface area (Å²) in [5.74, 6) is 0. The summed E-state index contributed by atoms with van der Waals surface area (Å²) in [6, 6.07) is 5.52. The van der Waals surface area contributed by atoms with Gasteiger partial charge in [-0.2, -0.15) is 0 Å². The van der Waals surface area contributed by atoms with Crippen molar-refractivity contribution in [2.75, 3.05) is 19.7 Å². The topological polar surface area (TPSA) is 38.5 Å². The monoisotopic (exact) mass is 304 g/mol. The molecule has 1 fully saturated rings. The molecule has 1 atom stereocenters. The van der Waals surface area contributed by atoms with Crippen molar-refractivity contribution in [2.24, 2.45) is 5.73 Å². The SMILES string of the molecule is NC(=S)C1CN(Cc2c(Cl)cccc2Cl)CCO1. The molecule has 2 rings (SSSR count). The molecule has 98 valence electrons. The van der Waals surface area contributed by atoms with Crippen LogP contribution in [0, 0.1) is 0 Å². The summed E-state index contributed by atoms with van der Waals surface area (Å²) in [6.45, 7) is 2.79. The van der Waals surface area contributed by atoms with Crippen LogP contribution in [0.25, 0.3) is 0 Å². The maximum absolute atomic E-state index is 6.15. The largest absolute Gasteiger partial charge is 0.391 e. The molecule has 2 N–H and O–H groups in total. The van der Waals surface area contributed by atoms with Gasteiger partial charge in [0.25, 0.3) is 0 Å². The van der Waals surface area contributed by atoms with Gasteiger partial charge in [-0.15, -0.1) is 0 Å². The number of benzene rings is 1. The first-order chi connectivity index (χ1) is 8.58. The number of halogens is 2. The van der Waals surface area contributed by atoms with E-state index in [2.05, 4.69) is 4.90 Å². The summed E-state index contributed by atoms with van der Waals surface area (Å²) >= 11 is 17.3. The van der Waals surface area contributed by atoms with E-state index in [4.69, 9.17) is 45.9 Å². The summed E-state index contributed by atoms with van der Waals surface area (Å²) in [6.07, 6.45) is -0.185. The highest BCUT2D eigenvalue weighted by molar-refractivity contribution is 7.80. The first-order valence-electron chi connectivity index (χ1n) is 5.64. The summed E-state index contributed by atoms with van der Waals surface area (Å²) in [5.41, 5.74) is 6.54. The molecule has 6 heteroatoms. The fraction of sp³-hybridized carbons (Fsp3) is 0.417. The number of rotatable bonds is 3. The second-order valence-corrected chi connectivity index (χ2v) is 5.48. The second-order valence-electron chi connectivity index (χ2n) is 4.20. The zero-order valence-corrected chi connectivity index (χ0v) is 12.1. The summed E-state index contributed by atoms with van der Waals surface area (Å²) in [4.78, 5) is 2.59. The molecule has 0 radical (unpaired) electrons. The Labute approximate surface area is 122 Å². The van der Waals surface area contributed by atoms with E-state index in [-0.39, 0.29) is 6.10 Å². The van der Waals surface area contributed by atoms with Gasteiger partial charge >= 0.3 is 0 Å². The Morgan fingerprint density at radius 2 is 2.11 bits per heavy atom. The minimum atomic E-state index is -0.185. The Morgan fingerprint density at radius 3 is 2.72 bits per heavy atom. The van der Waals surface area contributed by atoms with Gasteiger partial charge in [0.15, 0.2) is 0 Å². The molecule has 3 nitrogen and oxygen atoms in total. The van der Waals surface area contributed by atoms with E-state index in [1.54, 1.807) is 0 Å². The highest BCUT2D eigenvalue weighted by Crippen LogP contribution is 2.26. The first-order valence-corrected chi connectivity index (χ1v) is 6.80. The average molecular weight is 305 g/mol. The lowest BCUT2D eigenvalue weighted by molar-refractivity contribution is 0.00392. The third-order valence-corrected chi connectivity index (χ3v) is 3.88. The van der Waals surface area contributed by atoms with Gasteiger partial charge in [0, 0.05) is 35.2 Å². The van der Waals surface area contributed by atoms with Crippen molar-refractivity contribution in [2.45, 2.75) is 12.6 Å². The Morgan fingerprint density at radius 1 is 1.44 bits per heavy atom. The molecule has 0 aliphatic carbocycles. The van der Waals surface area contributed by atoms with Gasteiger partial charge in [0.05, 0.1) is 6.61 Å². The molecular weight excluding hydrogens is 291 g/mol. The van der Waals surface area contributed by atoms with Crippen molar-refractivity contribution >= 4 is 40.4 Å². The van der Waals surface area contributed by atoms with E-state index >= 15 is 0 Å². The van der Waals surface area contributed by atoms with Crippen LogP contribution in [0.2, 0.25) is 10.0 Å². The van der Waals surface area contributed by atoms with Crippen molar-refractivity contribution in [1.82, 2.24) is 4.90 Å². The molecule has 0 bridgehead atoms. The standard InChI is InChI=1S/C12H14Cl2N2OS/c13-9-2-1-3-10(14)8(9)6-16-4-5-17-11(7-16)12(15)18/h1-3,11H,4-7H2,(H2,15,18).